The third-order valence-corrected chi connectivity index (χ3v) is 3.31. The Morgan fingerprint density at radius 1 is 1.13 bits per heavy atom. The first kappa shape index (κ1) is 16.5. The van der Waals surface area contributed by atoms with Gasteiger partial charge < -0.3 is 14.9 Å². The molecule has 2 rings (SSSR count). The third kappa shape index (κ3) is 4.32. The van der Waals surface area contributed by atoms with E-state index in [0.717, 1.165) is 11.3 Å². The van der Waals surface area contributed by atoms with Crippen molar-refractivity contribution in [2.24, 2.45) is 5.16 Å². The molecule has 23 heavy (non-hydrogen) atoms. The zero-order valence-electron chi connectivity index (χ0n) is 13.5. The van der Waals surface area contributed by atoms with Gasteiger partial charge in [0.15, 0.2) is 5.71 Å². The number of benzene rings is 2. The Kier molecular flexibility index (Phi) is 5.74. The van der Waals surface area contributed by atoms with Crippen molar-refractivity contribution in [1.82, 2.24) is 5.32 Å². The molecule has 0 fully saturated rings. The van der Waals surface area contributed by atoms with Crippen LogP contribution < -0.4 is 10.1 Å². The Hall–Kier alpha value is -2.82. The minimum Gasteiger partial charge on any atom is -0.489 e. The molecule has 1 amide bonds. The zero-order chi connectivity index (χ0) is 16.7. The lowest BCUT2D eigenvalue weighted by Gasteiger charge is -2.12. The molecule has 5 nitrogen and oxygen atoms in total. The van der Waals surface area contributed by atoms with Crippen molar-refractivity contribution >= 4 is 11.6 Å². The van der Waals surface area contributed by atoms with Gasteiger partial charge in [-0.2, -0.15) is 0 Å². The van der Waals surface area contributed by atoms with Gasteiger partial charge in [0.1, 0.15) is 19.5 Å². The summed E-state index contributed by atoms with van der Waals surface area (Å²) in [6.07, 6.45) is 0. The second-order valence-electron chi connectivity index (χ2n) is 4.96. The number of hydrogen-bond acceptors (Lipinski definition) is 4. The Labute approximate surface area is 135 Å². The lowest BCUT2D eigenvalue weighted by molar-refractivity contribution is -0.114. The SMILES string of the molecule is CNC(=O)/C(=N/OC)c1ccccc1COc1ccc(C)cc1. The largest absolute Gasteiger partial charge is 0.489 e. The van der Waals surface area contributed by atoms with Crippen LogP contribution in [-0.4, -0.2) is 25.8 Å². The van der Waals surface area contributed by atoms with E-state index in [9.17, 15) is 4.79 Å². The number of carbonyl (C=O) groups excluding carboxylic acids is 1. The number of hydrogen-bond donors (Lipinski definition) is 1. The Morgan fingerprint density at radius 3 is 2.48 bits per heavy atom. The molecule has 5 heteroatoms. The molecule has 0 aliphatic carbocycles. The van der Waals surface area contributed by atoms with Crippen LogP contribution in [0.1, 0.15) is 16.7 Å². The van der Waals surface area contributed by atoms with Crippen molar-refractivity contribution < 1.29 is 14.4 Å². The number of oxime groups is 1. The predicted octanol–water partition coefficient (Wildman–Crippen LogP) is 2.67. The molecule has 120 valence electrons. The van der Waals surface area contributed by atoms with Crippen molar-refractivity contribution in [3.63, 3.8) is 0 Å². The number of ether oxygens (including phenoxy) is 1. The number of nitrogens with zero attached hydrogens (tertiary/aromatic N) is 1. The second kappa shape index (κ2) is 7.98. The standard InChI is InChI=1S/C18H20N2O3/c1-13-8-10-15(11-9-13)23-12-14-6-4-5-7-16(14)17(20-22-3)18(21)19-2/h4-11H,12H2,1-3H3,(H,19,21)/b20-17+. The minimum atomic E-state index is -0.311. The summed E-state index contributed by atoms with van der Waals surface area (Å²) in [5.74, 6) is 0.463. The molecule has 0 aliphatic rings. The van der Waals surface area contributed by atoms with Crippen LogP contribution in [0.3, 0.4) is 0 Å². The highest BCUT2D eigenvalue weighted by atomic mass is 16.6. The first-order valence-electron chi connectivity index (χ1n) is 7.26. The van der Waals surface area contributed by atoms with Crippen molar-refractivity contribution in [2.75, 3.05) is 14.2 Å². The summed E-state index contributed by atoms with van der Waals surface area (Å²) in [7, 11) is 2.97. The number of amides is 1. The average molecular weight is 312 g/mol. The highest BCUT2D eigenvalue weighted by Gasteiger charge is 2.17. The molecule has 0 saturated heterocycles. The molecule has 0 unspecified atom stereocenters. The molecule has 0 aliphatic heterocycles. The number of aryl methyl sites for hydroxylation is 1. The Morgan fingerprint density at radius 2 is 1.83 bits per heavy atom. The van der Waals surface area contributed by atoms with Gasteiger partial charge >= 0.3 is 0 Å². The summed E-state index contributed by atoms with van der Waals surface area (Å²) in [6.45, 7) is 2.36. The van der Waals surface area contributed by atoms with E-state index in [2.05, 4.69) is 10.5 Å². The maximum Gasteiger partial charge on any atom is 0.273 e. The van der Waals surface area contributed by atoms with Gasteiger partial charge in [0.05, 0.1) is 0 Å². The van der Waals surface area contributed by atoms with Crippen LogP contribution in [0.15, 0.2) is 53.7 Å². The first-order chi connectivity index (χ1) is 11.2. The average Bonchev–Trinajstić information content (AvgIpc) is 2.59. The molecule has 0 saturated carbocycles. The van der Waals surface area contributed by atoms with Crippen LogP contribution in [-0.2, 0) is 16.2 Å². The summed E-state index contributed by atoms with van der Waals surface area (Å²) in [5, 5.41) is 6.41. The highest BCUT2D eigenvalue weighted by molar-refractivity contribution is 6.45. The van der Waals surface area contributed by atoms with Crippen LogP contribution in [0.5, 0.6) is 5.75 Å². The molecule has 0 aromatic heterocycles. The molecule has 2 aromatic rings. The molecular weight excluding hydrogens is 292 g/mol. The summed E-state index contributed by atoms with van der Waals surface area (Å²) >= 11 is 0. The molecule has 0 atom stereocenters. The van der Waals surface area contributed by atoms with E-state index in [-0.39, 0.29) is 11.6 Å². The smallest absolute Gasteiger partial charge is 0.273 e. The molecular formula is C18H20N2O3. The van der Waals surface area contributed by atoms with Crippen molar-refractivity contribution in [1.29, 1.82) is 0 Å². The van der Waals surface area contributed by atoms with Gasteiger partial charge in [0, 0.05) is 12.6 Å². The zero-order valence-corrected chi connectivity index (χ0v) is 13.5. The number of likely N-dealkylation sites (N-methyl/N-ethyl adjacent to an activating group) is 1. The molecule has 2 aromatic carbocycles. The van der Waals surface area contributed by atoms with Gasteiger partial charge in [-0.15, -0.1) is 0 Å². The van der Waals surface area contributed by atoms with Crippen LogP contribution in [0.2, 0.25) is 0 Å². The van der Waals surface area contributed by atoms with Crippen molar-refractivity contribution in [3.05, 3.63) is 65.2 Å². The topological polar surface area (TPSA) is 59.9 Å². The van der Waals surface area contributed by atoms with Gasteiger partial charge in [0.2, 0.25) is 0 Å². The number of rotatable bonds is 6. The molecule has 0 spiro atoms. The fraction of sp³-hybridized carbons (Fsp3) is 0.222. The number of nitrogens with one attached hydrogen (secondary N) is 1. The maximum atomic E-state index is 12.0. The van der Waals surface area contributed by atoms with E-state index < -0.39 is 0 Å². The van der Waals surface area contributed by atoms with E-state index in [1.54, 1.807) is 7.05 Å². The van der Waals surface area contributed by atoms with Crippen LogP contribution in [0.25, 0.3) is 0 Å². The summed E-state index contributed by atoms with van der Waals surface area (Å²) in [6, 6.07) is 15.3. The fourth-order valence-corrected chi connectivity index (χ4v) is 2.10. The van der Waals surface area contributed by atoms with E-state index >= 15 is 0 Å². The minimum absolute atomic E-state index is 0.220. The molecule has 1 N–H and O–H groups in total. The molecule has 0 radical (unpaired) electrons. The second-order valence-corrected chi connectivity index (χ2v) is 4.96. The summed E-state index contributed by atoms with van der Waals surface area (Å²) < 4.78 is 5.80. The summed E-state index contributed by atoms with van der Waals surface area (Å²) in [5.41, 5.74) is 2.93. The monoisotopic (exact) mass is 312 g/mol. The molecule has 0 bridgehead atoms. The Bertz CT molecular complexity index is 694. The van der Waals surface area contributed by atoms with E-state index in [0.29, 0.717) is 12.2 Å². The number of carbonyl (C=O) groups is 1. The van der Waals surface area contributed by atoms with E-state index in [1.807, 2.05) is 55.5 Å². The quantitative estimate of drug-likeness (QED) is 0.659. The van der Waals surface area contributed by atoms with E-state index in [4.69, 9.17) is 9.57 Å². The van der Waals surface area contributed by atoms with Crippen LogP contribution in [0, 0.1) is 6.92 Å². The molecule has 0 heterocycles. The van der Waals surface area contributed by atoms with Gasteiger partial charge in [-0.05, 0) is 24.6 Å². The predicted molar refractivity (Wildman–Crippen MR) is 89.6 cm³/mol. The fourth-order valence-electron chi connectivity index (χ4n) is 2.10. The van der Waals surface area contributed by atoms with Crippen molar-refractivity contribution in [3.8, 4) is 5.75 Å². The normalized spacial score (nSPS) is 11.0. The first-order valence-corrected chi connectivity index (χ1v) is 7.26. The van der Waals surface area contributed by atoms with Crippen molar-refractivity contribution in [2.45, 2.75) is 13.5 Å². The van der Waals surface area contributed by atoms with Crippen LogP contribution in [0.4, 0.5) is 0 Å². The lowest BCUT2D eigenvalue weighted by Crippen LogP contribution is -2.29. The van der Waals surface area contributed by atoms with Gasteiger partial charge in [-0.1, -0.05) is 47.1 Å². The highest BCUT2D eigenvalue weighted by Crippen LogP contribution is 2.17. The maximum absolute atomic E-state index is 12.0. The van der Waals surface area contributed by atoms with Gasteiger partial charge in [-0.3, -0.25) is 4.79 Å². The van der Waals surface area contributed by atoms with E-state index in [1.165, 1.54) is 12.7 Å². The Balaban J connectivity index is 2.24. The van der Waals surface area contributed by atoms with Gasteiger partial charge in [0.25, 0.3) is 5.91 Å². The lowest BCUT2D eigenvalue weighted by atomic mass is 10.0. The van der Waals surface area contributed by atoms with Gasteiger partial charge in [-0.25, -0.2) is 0 Å². The van der Waals surface area contributed by atoms with Crippen LogP contribution >= 0.6 is 0 Å². The summed E-state index contributed by atoms with van der Waals surface area (Å²) in [4.78, 5) is 16.8. The third-order valence-electron chi connectivity index (χ3n) is 3.31.